The van der Waals surface area contributed by atoms with Crippen molar-refractivity contribution in [3.8, 4) is 0 Å². The highest BCUT2D eigenvalue weighted by Gasteiger charge is 2.38. The third kappa shape index (κ3) is 3.13. The number of hydrogen-bond donors (Lipinski definition) is 1. The van der Waals surface area contributed by atoms with Crippen molar-refractivity contribution in [3.63, 3.8) is 0 Å². The molecule has 1 aromatic carbocycles. The van der Waals surface area contributed by atoms with Crippen LogP contribution in [-0.2, 0) is 21.6 Å². The van der Waals surface area contributed by atoms with Crippen LogP contribution in [0.25, 0.3) is 0 Å². The number of carbonyl (C=O) groups is 1. The number of aromatic nitrogens is 2. The molecule has 1 aromatic heterocycles. The molecular formula is C16H21N3O2. The van der Waals surface area contributed by atoms with Gasteiger partial charge in [-0.2, -0.15) is 5.10 Å². The zero-order chi connectivity index (χ0) is 15.5. The second kappa shape index (κ2) is 6.10. The van der Waals surface area contributed by atoms with Crippen LogP contribution in [0.4, 0.5) is 0 Å². The minimum atomic E-state index is -1.25. The summed E-state index contributed by atoms with van der Waals surface area (Å²) in [6, 6.07) is 11.2. The first-order chi connectivity index (χ1) is 9.97. The van der Waals surface area contributed by atoms with Crippen molar-refractivity contribution in [1.82, 2.24) is 9.78 Å². The molecule has 0 aliphatic heterocycles. The van der Waals surface area contributed by atoms with Gasteiger partial charge in [-0.3, -0.25) is 4.68 Å². The molecule has 1 heterocycles. The van der Waals surface area contributed by atoms with E-state index in [2.05, 4.69) is 5.10 Å². The topological polar surface area (TPSA) is 70.1 Å². The molecule has 21 heavy (non-hydrogen) atoms. The molecule has 0 radical (unpaired) electrons. The molecular weight excluding hydrogens is 266 g/mol. The first kappa shape index (κ1) is 15.3. The summed E-state index contributed by atoms with van der Waals surface area (Å²) in [6.45, 7) is 6.16. The summed E-state index contributed by atoms with van der Waals surface area (Å²) in [5.74, 6) is -0.441. The lowest BCUT2D eigenvalue weighted by Gasteiger charge is -2.28. The summed E-state index contributed by atoms with van der Waals surface area (Å²) >= 11 is 0. The summed E-state index contributed by atoms with van der Waals surface area (Å²) < 4.78 is 6.92. The molecule has 0 bridgehead atoms. The third-order valence-corrected chi connectivity index (χ3v) is 3.43. The molecule has 1 unspecified atom stereocenters. The van der Waals surface area contributed by atoms with Gasteiger partial charge < -0.3 is 10.5 Å². The van der Waals surface area contributed by atoms with Crippen LogP contribution in [0.1, 0.15) is 23.9 Å². The molecule has 2 aromatic rings. The molecule has 0 aliphatic rings. The SMILES string of the molecule is CCOC(=O)C(N)(Cn1nc(C)cc1C)c1ccccc1. The van der Waals surface area contributed by atoms with E-state index in [-0.39, 0.29) is 6.54 Å². The average Bonchev–Trinajstić information content (AvgIpc) is 2.77. The number of aryl methyl sites for hydroxylation is 2. The van der Waals surface area contributed by atoms with Crippen molar-refractivity contribution in [2.45, 2.75) is 32.9 Å². The second-order valence-electron chi connectivity index (χ2n) is 5.14. The molecule has 0 spiro atoms. The highest BCUT2D eigenvalue weighted by Crippen LogP contribution is 2.23. The van der Waals surface area contributed by atoms with Gasteiger partial charge in [0.15, 0.2) is 5.54 Å². The number of rotatable bonds is 5. The van der Waals surface area contributed by atoms with Crippen LogP contribution in [-0.4, -0.2) is 22.4 Å². The Morgan fingerprint density at radius 3 is 2.52 bits per heavy atom. The predicted molar refractivity (Wildman–Crippen MR) is 80.6 cm³/mol. The molecule has 0 aliphatic carbocycles. The zero-order valence-electron chi connectivity index (χ0n) is 12.7. The smallest absolute Gasteiger partial charge is 0.332 e. The highest BCUT2D eigenvalue weighted by atomic mass is 16.5. The largest absolute Gasteiger partial charge is 0.464 e. The lowest BCUT2D eigenvalue weighted by atomic mass is 9.91. The van der Waals surface area contributed by atoms with Crippen molar-refractivity contribution in [2.75, 3.05) is 6.61 Å². The number of hydrogen-bond acceptors (Lipinski definition) is 4. The number of benzene rings is 1. The van der Waals surface area contributed by atoms with Crippen LogP contribution in [0.2, 0.25) is 0 Å². The molecule has 0 amide bonds. The maximum absolute atomic E-state index is 12.4. The molecule has 5 heteroatoms. The van der Waals surface area contributed by atoms with E-state index in [1.165, 1.54) is 0 Å². The lowest BCUT2D eigenvalue weighted by molar-refractivity contribution is -0.150. The van der Waals surface area contributed by atoms with Gasteiger partial charge in [0.1, 0.15) is 0 Å². The van der Waals surface area contributed by atoms with Crippen molar-refractivity contribution >= 4 is 5.97 Å². The Bertz CT molecular complexity index is 622. The molecule has 112 valence electrons. The predicted octanol–water partition coefficient (Wildman–Crippen LogP) is 1.92. The molecule has 0 fully saturated rings. The van der Waals surface area contributed by atoms with Gasteiger partial charge in [0.2, 0.25) is 0 Å². The normalized spacial score (nSPS) is 13.7. The van der Waals surface area contributed by atoms with Crippen molar-refractivity contribution in [3.05, 3.63) is 53.3 Å². The zero-order valence-corrected chi connectivity index (χ0v) is 12.7. The first-order valence-electron chi connectivity index (χ1n) is 7.00. The maximum Gasteiger partial charge on any atom is 0.332 e. The number of esters is 1. The van der Waals surface area contributed by atoms with E-state index in [0.717, 1.165) is 17.0 Å². The Morgan fingerprint density at radius 1 is 1.33 bits per heavy atom. The number of nitrogens with zero attached hydrogens (tertiary/aromatic N) is 2. The minimum absolute atomic E-state index is 0.246. The summed E-state index contributed by atoms with van der Waals surface area (Å²) in [5.41, 5.74) is 7.75. The van der Waals surface area contributed by atoms with Crippen LogP contribution in [0, 0.1) is 13.8 Å². The van der Waals surface area contributed by atoms with Gasteiger partial charge in [0, 0.05) is 5.69 Å². The van der Waals surface area contributed by atoms with Gasteiger partial charge in [0.05, 0.1) is 18.8 Å². The number of nitrogens with two attached hydrogens (primary N) is 1. The summed E-state index contributed by atoms with van der Waals surface area (Å²) in [7, 11) is 0. The Labute approximate surface area is 124 Å². The van der Waals surface area contributed by atoms with Crippen molar-refractivity contribution < 1.29 is 9.53 Å². The summed E-state index contributed by atoms with van der Waals surface area (Å²) in [5, 5.41) is 4.39. The summed E-state index contributed by atoms with van der Waals surface area (Å²) in [4.78, 5) is 12.4. The standard InChI is InChI=1S/C16H21N3O2/c1-4-21-15(20)16(17,14-8-6-5-7-9-14)11-19-13(3)10-12(2)18-19/h5-10H,4,11,17H2,1-3H3. The fourth-order valence-electron chi connectivity index (χ4n) is 2.34. The Morgan fingerprint density at radius 2 is 2.00 bits per heavy atom. The van der Waals surface area contributed by atoms with Crippen LogP contribution >= 0.6 is 0 Å². The first-order valence-corrected chi connectivity index (χ1v) is 7.00. The fourth-order valence-corrected chi connectivity index (χ4v) is 2.34. The van der Waals surface area contributed by atoms with E-state index in [0.29, 0.717) is 6.61 Å². The highest BCUT2D eigenvalue weighted by molar-refractivity contribution is 5.82. The third-order valence-electron chi connectivity index (χ3n) is 3.43. The van der Waals surface area contributed by atoms with Gasteiger partial charge in [-0.25, -0.2) is 4.79 Å². The van der Waals surface area contributed by atoms with Gasteiger partial charge >= 0.3 is 5.97 Å². The van der Waals surface area contributed by atoms with Crippen molar-refractivity contribution in [2.24, 2.45) is 5.73 Å². The van der Waals surface area contributed by atoms with E-state index < -0.39 is 11.5 Å². The molecule has 2 rings (SSSR count). The van der Waals surface area contributed by atoms with Crippen LogP contribution in [0.15, 0.2) is 36.4 Å². The summed E-state index contributed by atoms with van der Waals surface area (Å²) in [6.07, 6.45) is 0. The van der Waals surface area contributed by atoms with Gasteiger partial charge in [-0.1, -0.05) is 30.3 Å². The van der Waals surface area contributed by atoms with Crippen LogP contribution < -0.4 is 5.73 Å². The van der Waals surface area contributed by atoms with Crippen LogP contribution in [0.3, 0.4) is 0 Å². The van der Waals surface area contributed by atoms with Gasteiger partial charge in [-0.05, 0) is 32.4 Å². The van der Waals surface area contributed by atoms with Gasteiger partial charge in [0.25, 0.3) is 0 Å². The van der Waals surface area contributed by atoms with E-state index in [1.807, 2.05) is 50.2 Å². The number of carbonyl (C=O) groups excluding carboxylic acids is 1. The Balaban J connectivity index is 2.41. The Kier molecular flexibility index (Phi) is 4.43. The second-order valence-corrected chi connectivity index (χ2v) is 5.14. The maximum atomic E-state index is 12.4. The fraction of sp³-hybridized carbons (Fsp3) is 0.375. The lowest BCUT2D eigenvalue weighted by Crippen LogP contribution is -2.49. The molecule has 0 saturated carbocycles. The molecule has 1 atom stereocenters. The minimum Gasteiger partial charge on any atom is -0.464 e. The van der Waals surface area contributed by atoms with E-state index in [9.17, 15) is 4.79 Å². The van der Waals surface area contributed by atoms with E-state index in [1.54, 1.807) is 11.6 Å². The van der Waals surface area contributed by atoms with Crippen molar-refractivity contribution in [1.29, 1.82) is 0 Å². The van der Waals surface area contributed by atoms with E-state index >= 15 is 0 Å². The van der Waals surface area contributed by atoms with Gasteiger partial charge in [-0.15, -0.1) is 0 Å². The molecule has 0 saturated heterocycles. The quantitative estimate of drug-likeness (QED) is 0.853. The molecule has 5 nitrogen and oxygen atoms in total. The van der Waals surface area contributed by atoms with Crippen LogP contribution in [0.5, 0.6) is 0 Å². The molecule has 2 N–H and O–H groups in total. The number of ether oxygens (including phenoxy) is 1. The monoisotopic (exact) mass is 287 g/mol. The Hall–Kier alpha value is -2.14. The average molecular weight is 287 g/mol. The van der Waals surface area contributed by atoms with E-state index in [4.69, 9.17) is 10.5 Å².